The van der Waals surface area contributed by atoms with Crippen LogP contribution in [0.15, 0.2) is 0 Å². The molecule has 0 amide bonds. The van der Waals surface area contributed by atoms with Gasteiger partial charge in [0.25, 0.3) is 0 Å². The summed E-state index contributed by atoms with van der Waals surface area (Å²) in [6.07, 6.45) is -6.98. The summed E-state index contributed by atoms with van der Waals surface area (Å²) >= 11 is 0. The number of carbonyl (C=O) groups is 2. The Balaban J connectivity index is -0.000000256. The number of aliphatic carboxylic acids is 2. The van der Waals surface area contributed by atoms with Gasteiger partial charge in [-0.3, -0.25) is 0 Å². The molecule has 19 heavy (non-hydrogen) atoms. The molecule has 10 nitrogen and oxygen atoms in total. The normalized spacial score (nSPS) is 15.9. The maximum Gasteiger partial charge on any atom is 0.335 e. The maximum atomic E-state index is 9.78. The monoisotopic (exact) mass is 306 g/mol. The van der Waals surface area contributed by atoms with E-state index in [4.69, 9.17) is 40.9 Å². The molecule has 0 bridgehead atoms. The van der Waals surface area contributed by atoms with Gasteiger partial charge in [0.15, 0.2) is 12.2 Å². The van der Waals surface area contributed by atoms with Crippen molar-refractivity contribution in [1.82, 2.24) is 0 Å². The molecule has 0 spiro atoms. The van der Waals surface area contributed by atoms with Crippen LogP contribution in [0.4, 0.5) is 0 Å². The topological polar surface area (TPSA) is 196 Å². The van der Waals surface area contributed by atoms with Gasteiger partial charge in [-0.1, -0.05) is 0 Å². The van der Waals surface area contributed by atoms with Gasteiger partial charge in [0.1, 0.15) is 12.2 Å². The van der Waals surface area contributed by atoms with Gasteiger partial charge in [-0.2, -0.15) is 13.5 Å². The Morgan fingerprint density at radius 3 is 1.00 bits per heavy atom. The summed E-state index contributed by atoms with van der Waals surface area (Å²) in [4.78, 5) is 19.6. The summed E-state index contributed by atoms with van der Waals surface area (Å²) in [6.45, 7) is -1.51. The molecule has 0 radical (unpaired) electrons. The molecule has 0 fully saturated rings. The van der Waals surface area contributed by atoms with Crippen molar-refractivity contribution in [2.45, 2.75) is 24.4 Å². The summed E-state index contributed by atoms with van der Waals surface area (Å²) in [6, 6.07) is 0. The summed E-state index contributed by atoms with van der Waals surface area (Å²) in [5, 5.41) is 65.7. The number of carboxylic acids is 2. The lowest BCUT2D eigenvalue weighted by Crippen LogP contribution is -2.36. The Kier molecular flexibility index (Phi) is 14.8. The first-order chi connectivity index (χ1) is 8.18. The highest BCUT2D eigenvalue weighted by atomic mass is 32.1. The number of aliphatic hydroxyl groups excluding tert-OH is 6. The maximum absolute atomic E-state index is 9.78. The van der Waals surface area contributed by atoms with Gasteiger partial charge in [-0.05, 0) is 0 Å². The minimum absolute atomic E-state index is 0. The molecular formula is C8H18O10S. The molecule has 0 aliphatic carbocycles. The first kappa shape index (κ1) is 23.2. The second-order valence-corrected chi connectivity index (χ2v) is 3.07. The third kappa shape index (κ3) is 10.6. The number of carboxylic acid groups (broad SMARTS) is 2. The lowest BCUT2D eigenvalue weighted by molar-refractivity contribution is -0.155. The van der Waals surface area contributed by atoms with Crippen LogP contribution in [0.25, 0.3) is 0 Å². The summed E-state index contributed by atoms with van der Waals surface area (Å²) in [5.74, 6) is -3.09. The van der Waals surface area contributed by atoms with Crippen molar-refractivity contribution in [3.05, 3.63) is 0 Å². The van der Waals surface area contributed by atoms with Crippen molar-refractivity contribution in [3.8, 4) is 0 Å². The van der Waals surface area contributed by atoms with Crippen LogP contribution >= 0.6 is 13.5 Å². The highest BCUT2D eigenvalue weighted by molar-refractivity contribution is 7.59. The molecule has 4 atom stereocenters. The zero-order valence-corrected chi connectivity index (χ0v) is 10.6. The van der Waals surface area contributed by atoms with Gasteiger partial charge in [-0.15, -0.1) is 0 Å². The van der Waals surface area contributed by atoms with E-state index in [-0.39, 0.29) is 13.5 Å². The van der Waals surface area contributed by atoms with Crippen LogP contribution in [-0.4, -0.2) is 90.4 Å². The zero-order valence-electron chi connectivity index (χ0n) is 9.62. The van der Waals surface area contributed by atoms with E-state index in [1.165, 1.54) is 0 Å². The quantitative estimate of drug-likeness (QED) is 0.237. The molecule has 0 saturated carbocycles. The van der Waals surface area contributed by atoms with E-state index in [1.54, 1.807) is 0 Å². The highest BCUT2D eigenvalue weighted by Crippen LogP contribution is 1.91. The van der Waals surface area contributed by atoms with E-state index in [2.05, 4.69) is 0 Å². The van der Waals surface area contributed by atoms with Crippen LogP contribution in [-0.2, 0) is 9.59 Å². The smallest absolute Gasteiger partial charge is 0.335 e. The number of rotatable bonds is 6. The SMILES string of the molecule is O=C(O)C(O)C(O)CO.O=C(O)C(O)C(O)CO.S. The van der Waals surface area contributed by atoms with Gasteiger partial charge in [0.2, 0.25) is 0 Å². The van der Waals surface area contributed by atoms with Crippen molar-refractivity contribution in [1.29, 1.82) is 0 Å². The first-order valence-electron chi connectivity index (χ1n) is 4.58. The van der Waals surface area contributed by atoms with E-state index in [0.717, 1.165) is 0 Å². The summed E-state index contributed by atoms with van der Waals surface area (Å²) in [7, 11) is 0. The second kappa shape index (κ2) is 12.1. The fourth-order valence-electron chi connectivity index (χ4n) is 0.529. The van der Waals surface area contributed by atoms with Crippen LogP contribution in [0.5, 0.6) is 0 Å². The second-order valence-electron chi connectivity index (χ2n) is 3.07. The third-order valence-corrected chi connectivity index (χ3v) is 1.61. The minimum atomic E-state index is -1.89. The van der Waals surface area contributed by atoms with Gasteiger partial charge >= 0.3 is 11.9 Å². The Bertz CT molecular complexity index is 234. The van der Waals surface area contributed by atoms with Crippen LogP contribution in [0.2, 0.25) is 0 Å². The molecule has 0 heterocycles. The predicted octanol–water partition coefficient (Wildman–Crippen LogP) is -4.32. The number of aliphatic hydroxyl groups is 6. The predicted molar refractivity (Wildman–Crippen MR) is 63.9 cm³/mol. The van der Waals surface area contributed by atoms with Crippen LogP contribution in [0.1, 0.15) is 0 Å². The molecule has 0 aromatic heterocycles. The van der Waals surface area contributed by atoms with Crippen molar-refractivity contribution in [2.75, 3.05) is 13.2 Å². The van der Waals surface area contributed by atoms with Gasteiger partial charge in [0, 0.05) is 0 Å². The fourth-order valence-corrected chi connectivity index (χ4v) is 0.529. The van der Waals surface area contributed by atoms with Crippen molar-refractivity contribution in [2.24, 2.45) is 0 Å². The van der Waals surface area contributed by atoms with Crippen molar-refractivity contribution in [3.63, 3.8) is 0 Å². The molecule has 116 valence electrons. The third-order valence-electron chi connectivity index (χ3n) is 1.61. The van der Waals surface area contributed by atoms with E-state index in [9.17, 15) is 9.59 Å². The van der Waals surface area contributed by atoms with Gasteiger partial charge in [0.05, 0.1) is 13.2 Å². The van der Waals surface area contributed by atoms with E-state index < -0.39 is 49.6 Å². The fraction of sp³-hybridized carbons (Fsp3) is 0.750. The largest absolute Gasteiger partial charge is 0.479 e. The lowest BCUT2D eigenvalue weighted by Gasteiger charge is -2.09. The first-order valence-corrected chi connectivity index (χ1v) is 4.58. The molecule has 0 aromatic carbocycles. The average Bonchev–Trinajstić information content (AvgIpc) is 2.35. The molecule has 4 unspecified atom stereocenters. The van der Waals surface area contributed by atoms with Crippen LogP contribution in [0, 0.1) is 0 Å². The number of hydrogen-bond donors (Lipinski definition) is 8. The van der Waals surface area contributed by atoms with Crippen molar-refractivity contribution < 1.29 is 50.4 Å². The Morgan fingerprint density at radius 2 is 0.947 bits per heavy atom. The summed E-state index contributed by atoms with van der Waals surface area (Å²) < 4.78 is 0. The highest BCUT2D eigenvalue weighted by Gasteiger charge is 2.22. The minimum Gasteiger partial charge on any atom is -0.479 e. The standard InChI is InChI=1S/2C4H8O5.H2S/c2*5-1-2(6)3(7)4(8)9;/h2*2-3,5-7H,1H2,(H,8,9);1H2. The molecule has 0 saturated heterocycles. The van der Waals surface area contributed by atoms with Gasteiger partial charge in [-0.25, -0.2) is 9.59 Å². The zero-order chi connectivity index (χ0) is 14.9. The number of hydrogen-bond acceptors (Lipinski definition) is 8. The van der Waals surface area contributed by atoms with Gasteiger partial charge < -0.3 is 40.9 Å². The van der Waals surface area contributed by atoms with Crippen LogP contribution in [0.3, 0.4) is 0 Å². The van der Waals surface area contributed by atoms with Crippen molar-refractivity contribution >= 4 is 25.4 Å². The molecule has 0 aliphatic heterocycles. The van der Waals surface area contributed by atoms with E-state index in [1.807, 2.05) is 0 Å². The Morgan fingerprint density at radius 1 is 0.737 bits per heavy atom. The lowest BCUT2D eigenvalue weighted by atomic mass is 10.2. The van der Waals surface area contributed by atoms with Crippen LogP contribution < -0.4 is 0 Å². The molecule has 8 N–H and O–H groups in total. The Labute approximate surface area is 114 Å². The Hall–Kier alpha value is -0.950. The molecule has 0 aromatic rings. The van der Waals surface area contributed by atoms with E-state index in [0.29, 0.717) is 0 Å². The molecule has 0 aliphatic rings. The summed E-state index contributed by atoms with van der Waals surface area (Å²) in [5.41, 5.74) is 0. The van der Waals surface area contributed by atoms with E-state index >= 15 is 0 Å². The average molecular weight is 306 g/mol. The molecule has 0 rings (SSSR count). The molecular weight excluding hydrogens is 288 g/mol. The molecule has 11 heteroatoms.